The summed E-state index contributed by atoms with van der Waals surface area (Å²) >= 11 is 3.61. The molecule has 0 spiro atoms. The van der Waals surface area contributed by atoms with Crippen molar-refractivity contribution in [3.63, 3.8) is 0 Å². The molecule has 0 aliphatic heterocycles. The van der Waals surface area contributed by atoms with Crippen LogP contribution in [0, 0.1) is 5.92 Å². The van der Waals surface area contributed by atoms with Gasteiger partial charge in [-0.1, -0.05) is 22.9 Å². The Balaban J connectivity index is 2.22. The van der Waals surface area contributed by atoms with Crippen LogP contribution in [0.25, 0.3) is 0 Å². The van der Waals surface area contributed by atoms with Gasteiger partial charge in [-0.3, -0.25) is 0 Å². The van der Waals surface area contributed by atoms with Crippen molar-refractivity contribution in [2.45, 2.75) is 52.1 Å². The van der Waals surface area contributed by atoms with E-state index in [2.05, 4.69) is 72.2 Å². The molecule has 0 heterocycles. The van der Waals surface area contributed by atoms with Gasteiger partial charge >= 0.3 is 0 Å². The Bertz CT molecular complexity index is 443. The number of rotatable bonds is 7. The second kappa shape index (κ2) is 6.95. The van der Waals surface area contributed by atoms with E-state index in [1.54, 1.807) is 0 Å². The fourth-order valence-corrected chi connectivity index (χ4v) is 3.16. The molecule has 0 radical (unpaired) electrons. The molecule has 1 N–H and O–H groups in total. The number of nitrogens with one attached hydrogen (secondary N) is 1. The van der Waals surface area contributed by atoms with E-state index in [1.165, 1.54) is 30.5 Å². The van der Waals surface area contributed by atoms with Crippen LogP contribution in [-0.2, 0) is 0 Å². The number of hydrogen-bond donors (Lipinski definition) is 1. The Morgan fingerprint density at radius 1 is 1.35 bits per heavy atom. The predicted octanol–water partition coefficient (Wildman–Crippen LogP) is 4.74. The van der Waals surface area contributed by atoms with Gasteiger partial charge in [0.15, 0.2) is 0 Å². The molecule has 1 aromatic carbocycles. The van der Waals surface area contributed by atoms with E-state index in [0.29, 0.717) is 12.1 Å². The highest BCUT2D eigenvalue weighted by atomic mass is 79.9. The lowest BCUT2D eigenvalue weighted by Gasteiger charge is -2.31. The fraction of sp³-hybridized carbons (Fsp3) is 0.647. The molecular weight excluding hydrogens is 312 g/mol. The van der Waals surface area contributed by atoms with E-state index >= 15 is 0 Å². The van der Waals surface area contributed by atoms with E-state index in [-0.39, 0.29) is 0 Å². The molecule has 1 aromatic rings. The normalized spacial score (nSPS) is 17.9. The minimum Gasteiger partial charge on any atom is -0.371 e. The Kier molecular flexibility index (Phi) is 5.50. The first-order valence-electron chi connectivity index (χ1n) is 7.80. The largest absolute Gasteiger partial charge is 0.371 e. The summed E-state index contributed by atoms with van der Waals surface area (Å²) in [6.07, 6.45) is 3.95. The maximum atomic E-state index is 3.61. The summed E-state index contributed by atoms with van der Waals surface area (Å²) in [4.78, 5) is 2.46. The van der Waals surface area contributed by atoms with Crippen molar-refractivity contribution in [2.75, 3.05) is 18.5 Å². The molecule has 2 nitrogen and oxygen atoms in total. The quantitative estimate of drug-likeness (QED) is 0.772. The van der Waals surface area contributed by atoms with Gasteiger partial charge < -0.3 is 10.2 Å². The fourth-order valence-electron chi connectivity index (χ4n) is 2.78. The number of benzene rings is 1. The van der Waals surface area contributed by atoms with Crippen LogP contribution in [0.15, 0.2) is 22.7 Å². The van der Waals surface area contributed by atoms with Crippen molar-refractivity contribution in [1.82, 2.24) is 5.32 Å². The molecule has 0 amide bonds. The van der Waals surface area contributed by atoms with Gasteiger partial charge in [0, 0.05) is 29.3 Å². The summed E-state index contributed by atoms with van der Waals surface area (Å²) in [6, 6.07) is 7.69. The first-order chi connectivity index (χ1) is 9.54. The molecule has 2 unspecified atom stereocenters. The molecule has 1 aliphatic rings. The molecule has 2 atom stereocenters. The van der Waals surface area contributed by atoms with Crippen LogP contribution in [0.3, 0.4) is 0 Å². The van der Waals surface area contributed by atoms with Gasteiger partial charge in [-0.25, -0.2) is 0 Å². The average Bonchev–Trinajstić information content (AvgIpc) is 3.27. The van der Waals surface area contributed by atoms with Gasteiger partial charge in [0.25, 0.3) is 0 Å². The maximum Gasteiger partial charge on any atom is 0.0415 e. The first-order valence-corrected chi connectivity index (χ1v) is 8.59. The third-order valence-corrected chi connectivity index (χ3v) is 4.94. The van der Waals surface area contributed by atoms with Crippen molar-refractivity contribution in [2.24, 2.45) is 5.92 Å². The minimum atomic E-state index is 0.385. The Morgan fingerprint density at radius 2 is 2.05 bits per heavy atom. The highest BCUT2D eigenvalue weighted by molar-refractivity contribution is 9.10. The molecule has 20 heavy (non-hydrogen) atoms. The van der Waals surface area contributed by atoms with Gasteiger partial charge in [0.05, 0.1) is 0 Å². The summed E-state index contributed by atoms with van der Waals surface area (Å²) < 4.78 is 1.16. The zero-order chi connectivity index (χ0) is 14.7. The van der Waals surface area contributed by atoms with Crippen LogP contribution >= 0.6 is 15.9 Å². The van der Waals surface area contributed by atoms with Crippen molar-refractivity contribution in [3.05, 3.63) is 28.2 Å². The molecule has 1 saturated carbocycles. The Hall–Kier alpha value is -0.540. The van der Waals surface area contributed by atoms with Crippen molar-refractivity contribution in [1.29, 1.82) is 0 Å². The zero-order valence-electron chi connectivity index (χ0n) is 13.1. The number of hydrogen-bond acceptors (Lipinski definition) is 2. The van der Waals surface area contributed by atoms with E-state index in [4.69, 9.17) is 0 Å². The molecule has 1 aliphatic carbocycles. The molecule has 0 saturated heterocycles. The van der Waals surface area contributed by atoms with Crippen LogP contribution in [0.2, 0.25) is 0 Å². The molecule has 3 heteroatoms. The molecule has 0 aromatic heterocycles. The topological polar surface area (TPSA) is 15.3 Å². The molecule has 112 valence electrons. The minimum absolute atomic E-state index is 0.385. The molecular formula is C17H27BrN2. The summed E-state index contributed by atoms with van der Waals surface area (Å²) in [5.41, 5.74) is 2.76. The number of anilines is 1. The van der Waals surface area contributed by atoms with E-state index in [1.807, 2.05) is 0 Å². The van der Waals surface area contributed by atoms with Gasteiger partial charge in [0.1, 0.15) is 0 Å². The molecule has 1 fully saturated rings. The summed E-state index contributed by atoms with van der Waals surface area (Å²) in [7, 11) is 2.24. The molecule has 0 bridgehead atoms. The summed E-state index contributed by atoms with van der Waals surface area (Å²) in [5.74, 6) is 0.885. The van der Waals surface area contributed by atoms with Gasteiger partial charge in [-0.2, -0.15) is 0 Å². The third kappa shape index (κ3) is 3.76. The number of nitrogens with zero attached hydrogens (tertiary/aromatic N) is 1. The monoisotopic (exact) mass is 338 g/mol. The second-order valence-electron chi connectivity index (χ2n) is 6.07. The lowest BCUT2D eigenvalue weighted by Crippen LogP contribution is -2.32. The standard InChI is InChI=1S/C17H27BrN2/c1-5-10-19-12(2)16-11-15(18)8-9-17(16)20(4)13(3)14-6-7-14/h8-9,11-14,19H,5-7,10H2,1-4H3. The smallest absolute Gasteiger partial charge is 0.0415 e. The van der Waals surface area contributed by atoms with E-state index < -0.39 is 0 Å². The number of halogens is 1. The van der Waals surface area contributed by atoms with Crippen LogP contribution in [0.4, 0.5) is 5.69 Å². The second-order valence-corrected chi connectivity index (χ2v) is 6.98. The van der Waals surface area contributed by atoms with Crippen molar-refractivity contribution in [3.8, 4) is 0 Å². The van der Waals surface area contributed by atoms with Crippen LogP contribution in [0.5, 0.6) is 0 Å². The molecule has 2 rings (SSSR count). The zero-order valence-corrected chi connectivity index (χ0v) is 14.7. The van der Waals surface area contributed by atoms with E-state index in [0.717, 1.165) is 16.9 Å². The van der Waals surface area contributed by atoms with Crippen LogP contribution in [-0.4, -0.2) is 19.6 Å². The predicted molar refractivity (Wildman–Crippen MR) is 91.4 cm³/mol. The summed E-state index contributed by atoms with van der Waals surface area (Å²) in [6.45, 7) is 7.89. The van der Waals surface area contributed by atoms with Crippen molar-refractivity contribution >= 4 is 21.6 Å². The highest BCUT2D eigenvalue weighted by Crippen LogP contribution is 2.38. The van der Waals surface area contributed by atoms with Crippen LogP contribution < -0.4 is 10.2 Å². The highest BCUT2D eigenvalue weighted by Gasteiger charge is 2.31. The maximum absolute atomic E-state index is 3.61. The lowest BCUT2D eigenvalue weighted by molar-refractivity contribution is 0.561. The van der Waals surface area contributed by atoms with Gasteiger partial charge in [-0.15, -0.1) is 0 Å². The Labute approximate surface area is 132 Å². The summed E-state index contributed by atoms with van der Waals surface area (Å²) in [5, 5.41) is 3.61. The van der Waals surface area contributed by atoms with Gasteiger partial charge in [-0.05, 0) is 69.3 Å². The lowest BCUT2D eigenvalue weighted by atomic mass is 10.0. The van der Waals surface area contributed by atoms with E-state index in [9.17, 15) is 0 Å². The van der Waals surface area contributed by atoms with Gasteiger partial charge in [0.2, 0.25) is 0 Å². The first kappa shape index (κ1) is 15.8. The Morgan fingerprint density at radius 3 is 2.65 bits per heavy atom. The van der Waals surface area contributed by atoms with Crippen molar-refractivity contribution < 1.29 is 0 Å². The average molecular weight is 339 g/mol. The van der Waals surface area contributed by atoms with Crippen LogP contribution in [0.1, 0.15) is 51.6 Å². The third-order valence-electron chi connectivity index (χ3n) is 4.45. The SMILES string of the molecule is CCCNC(C)c1cc(Br)ccc1N(C)C(C)C1CC1.